The van der Waals surface area contributed by atoms with E-state index in [1.807, 2.05) is 0 Å². The molecule has 22 heteroatoms. The fourth-order valence-corrected chi connectivity index (χ4v) is 7.10. The van der Waals surface area contributed by atoms with Crippen LogP contribution in [-0.4, -0.2) is 82.7 Å². The van der Waals surface area contributed by atoms with Crippen LogP contribution in [0, 0.1) is 0 Å². The molecular weight excluding hydrogens is 702 g/mol. The van der Waals surface area contributed by atoms with Gasteiger partial charge in [-0.15, -0.1) is 31.4 Å². The van der Waals surface area contributed by atoms with Crippen LogP contribution in [0.15, 0.2) is 64.3 Å². The van der Waals surface area contributed by atoms with E-state index in [1.54, 1.807) is 0 Å². The van der Waals surface area contributed by atoms with E-state index in [0.717, 1.165) is 62.6 Å². The summed E-state index contributed by atoms with van der Waals surface area (Å²) in [5, 5.41) is 16.3. The lowest BCUT2D eigenvalue weighted by molar-refractivity contribution is -0.275. The number of piperazine rings is 1. The number of alkyl halides is 6. The summed E-state index contributed by atoms with van der Waals surface area (Å²) in [7, 11) is -4.54. The molecule has 1 saturated heterocycles. The van der Waals surface area contributed by atoms with Gasteiger partial charge in [-0.3, -0.25) is 9.59 Å². The summed E-state index contributed by atoms with van der Waals surface area (Å²) in [4.78, 5) is 41.8. The molecule has 5 rings (SSSR count). The van der Waals surface area contributed by atoms with E-state index in [2.05, 4.69) is 24.9 Å². The van der Waals surface area contributed by atoms with Gasteiger partial charge in [0.05, 0.1) is 4.90 Å². The molecule has 3 heterocycles. The highest BCUT2D eigenvalue weighted by atomic mass is 32.2. The highest BCUT2D eigenvalue weighted by molar-refractivity contribution is 7.89. The molecule has 4 aromatic rings. The Labute approximate surface area is 268 Å². The van der Waals surface area contributed by atoms with Gasteiger partial charge >= 0.3 is 18.7 Å². The van der Waals surface area contributed by atoms with Crippen LogP contribution < -0.4 is 25.2 Å². The summed E-state index contributed by atoms with van der Waals surface area (Å²) < 4.78 is 112. The minimum atomic E-state index is -5.03. The molecule has 1 atom stereocenters. The highest BCUT2D eigenvalue weighted by Crippen LogP contribution is 2.30. The highest BCUT2D eigenvalue weighted by Gasteiger charge is 2.41. The van der Waals surface area contributed by atoms with Crippen molar-refractivity contribution in [2.75, 3.05) is 24.5 Å². The van der Waals surface area contributed by atoms with Crippen molar-refractivity contribution in [1.29, 1.82) is 0 Å². The topological polar surface area (TPSA) is 173 Å². The van der Waals surface area contributed by atoms with Gasteiger partial charge in [-0.25, -0.2) is 13.2 Å². The Morgan fingerprint density at radius 3 is 2.10 bits per heavy atom. The van der Waals surface area contributed by atoms with E-state index in [-0.39, 0.29) is 36.3 Å². The molecule has 0 aliphatic carbocycles. The lowest BCUT2D eigenvalue weighted by Gasteiger charge is -2.39. The summed E-state index contributed by atoms with van der Waals surface area (Å²) >= 11 is 0.796. The first-order chi connectivity index (χ1) is 22.4. The van der Waals surface area contributed by atoms with E-state index < -0.39 is 68.3 Å². The predicted octanol–water partition coefficient (Wildman–Crippen LogP) is 2.84. The number of ether oxygens (including phenoxy) is 2. The normalized spacial score (nSPS) is 16.1. The molecular formula is C26H20F6N6O8S2. The molecule has 0 radical (unpaired) electrons. The van der Waals surface area contributed by atoms with Crippen LogP contribution >= 0.6 is 11.3 Å². The monoisotopic (exact) mass is 722 g/mol. The first kappa shape index (κ1) is 34.4. The summed E-state index contributed by atoms with van der Waals surface area (Å²) in [5.41, 5.74) is -1.02. The van der Waals surface area contributed by atoms with Crippen molar-refractivity contribution >= 4 is 43.3 Å². The standard InChI is InChI=1S/C26H20F6N6O8S2/c27-25(28,29)45-15-3-1-14(2-4-15)12-33-21(40)19-13-36(24-35-38-18(22(41)42)11-20(39)34-23(38)47-24)9-10-37(19)48(43,44)17-7-5-16(6-8-17)46-26(30,31)32/h1-8,11,19H,9-10,12-13H2,(H,33,40)(H,41,42)/t19-/m1/s1. The lowest BCUT2D eigenvalue weighted by atomic mass is 10.2. The summed E-state index contributed by atoms with van der Waals surface area (Å²) in [6.07, 6.45) is -9.95. The molecule has 0 bridgehead atoms. The van der Waals surface area contributed by atoms with Gasteiger partial charge in [0, 0.05) is 32.2 Å². The van der Waals surface area contributed by atoms with E-state index in [1.165, 1.54) is 17.0 Å². The Kier molecular flexibility index (Phi) is 9.25. The third-order valence-electron chi connectivity index (χ3n) is 6.65. The minimum absolute atomic E-state index is 0.0827. The van der Waals surface area contributed by atoms with Crippen molar-refractivity contribution in [3.8, 4) is 11.5 Å². The maximum absolute atomic E-state index is 13.7. The number of carboxylic acids is 1. The van der Waals surface area contributed by atoms with Gasteiger partial charge in [0.15, 0.2) is 5.69 Å². The van der Waals surface area contributed by atoms with Crippen molar-refractivity contribution in [1.82, 2.24) is 24.2 Å². The van der Waals surface area contributed by atoms with Crippen molar-refractivity contribution in [2.45, 2.75) is 30.2 Å². The first-order valence-electron chi connectivity index (χ1n) is 13.3. The van der Waals surface area contributed by atoms with Gasteiger partial charge in [0.2, 0.25) is 26.0 Å². The molecule has 0 spiro atoms. The Hall–Kier alpha value is -4.96. The number of aromatic carboxylic acids is 1. The molecule has 1 aliphatic rings. The molecule has 2 N–H and O–H groups in total. The van der Waals surface area contributed by atoms with Gasteiger partial charge in [-0.2, -0.15) is 13.8 Å². The fraction of sp³-hybridized carbons (Fsp3) is 0.269. The second-order valence-electron chi connectivity index (χ2n) is 9.87. The van der Waals surface area contributed by atoms with E-state index in [0.29, 0.717) is 5.56 Å². The molecule has 2 aromatic heterocycles. The van der Waals surface area contributed by atoms with Crippen LogP contribution in [0.25, 0.3) is 4.96 Å². The SMILES string of the molecule is O=C(O)c1cc(=O)nc2sc(N3CCN(S(=O)(=O)c4ccc(OC(F)(F)F)cc4)[C@@H](C(=O)NCc4ccc(OC(F)(F)F)cc4)C3)nn12. The number of carbonyl (C=O) groups is 2. The maximum Gasteiger partial charge on any atom is 0.573 e. The number of nitrogens with one attached hydrogen (secondary N) is 1. The predicted molar refractivity (Wildman–Crippen MR) is 152 cm³/mol. The van der Waals surface area contributed by atoms with Gasteiger partial charge < -0.3 is 24.8 Å². The van der Waals surface area contributed by atoms with Crippen LogP contribution in [0.5, 0.6) is 11.5 Å². The van der Waals surface area contributed by atoms with Gasteiger partial charge in [0.25, 0.3) is 5.56 Å². The maximum atomic E-state index is 13.7. The fourth-order valence-electron chi connectivity index (χ4n) is 4.59. The van der Waals surface area contributed by atoms with E-state index in [4.69, 9.17) is 0 Å². The Morgan fingerprint density at radius 2 is 1.54 bits per heavy atom. The molecule has 1 amide bonds. The number of aromatic nitrogens is 3. The van der Waals surface area contributed by atoms with Gasteiger partial charge in [-0.05, 0) is 42.0 Å². The number of rotatable bonds is 9. The number of hydrogen-bond donors (Lipinski definition) is 2. The second kappa shape index (κ2) is 12.9. The smallest absolute Gasteiger partial charge is 0.477 e. The Bertz CT molecular complexity index is 2000. The lowest BCUT2D eigenvalue weighted by Crippen LogP contribution is -2.60. The number of amides is 1. The summed E-state index contributed by atoms with van der Waals surface area (Å²) in [6, 6.07) is 7.05. The number of benzene rings is 2. The van der Waals surface area contributed by atoms with Crippen molar-refractivity contribution in [2.24, 2.45) is 0 Å². The van der Waals surface area contributed by atoms with E-state index in [9.17, 15) is 54.3 Å². The summed E-state index contributed by atoms with van der Waals surface area (Å²) in [5.74, 6) is -3.53. The molecule has 2 aromatic carbocycles. The van der Waals surface area contributed by atoms with Crippen molar-refractivity contribution in [3.05, 3.63) is 76.2 Å². The zero-order valence-electron chi connectivity index (χ0n) is 23.7. The van der Waals surface area contributed by atoms with Crippen LogP contribution in [0.4, 0.5) is 31.5 Å². The number of carboxylic acid groups (broad SMARTS) is 1. The Morgan fingerprint density at radius 1 is 0.958 bits per heavy atom. The second-order valence-corrected chi connectivity index (χ2v) is 12.7. The average molecular weight is 723 g/mol. The number of hydrogen-bond acceptors (Lipinski definition) is 11. The molecule has 256 valence electrons. The number of carbonyl (C=O) groups excluding carboxylic acids is 1. The quantitative estimate of drug-likeness (QED) is 0.244. The zero-order valence-corrected chi connectivity index (χ0v) is 25.4. The molecule has 0 unspecified atom stereocenters. The summed E-state index contributed by atoms with van der Waals surface area (Å²) in [6.45, 7) is -1.09. The van der Waals surface area contributed by atoms with Crippen LogP contribution in [0.2, 0.25) is 0 Å². The molecule has 0 saturated carbocycles. The van der Waals surface area contributed by atoms with Crippen molar-refractivity contribution < 1.29 is 58.9 Å². The van der Waals surface area contributed by atoms with Crippen LogP contribution in [0.1, 0.15) is 16.1 Å². The van der Waals surface area contributed by atoms with Gasteiger partial charge in [0.1, 0.15) is 17.5 Å². The third kappa shape index (κ3) is 7.94. The average Bonchev–Trinajstić information content (AvgIpc) is 3.42. The van der Waals surface area contributed by atoms with Crippen molar-refractivity contribution in [3.63, 3.8) is 0 Å². The zero-order chi connectivity index (χ0) is 35.0. The largest absolute Gasteiger partial charge is 0.573 e. The Balaban J connectivity index is 1.42. The molecule has 48 heavy (non-hydrogen) atoms. The van der Waals surface area contributed by atoms with Crippen LogP contribution in [-0.2, 0) is 21.4 Å². The number of anilines is 1. The molecule has 1 aliphatic heterocycles. The van der Waals surface area contributed by atoms with Crippen LogP contribution in [0.3, 0.4) is 0 Å². The number of fused-ring (bicyclic) bond motifs is 1. The number of sulfonamides is 1. The molecule has 14 nitrogen and oxygen atoms in total. The third-order valence-corrected chi connectivity index (χ3v) is 9.55. The first-order valence-corrected chi connectivity index (χ1v) is 15.5. The number of nitrogens with zero attached hydrogens (tertiary/aromatic N) is 5. The minimum Gasteiger partial charge on any atom is -0.477 e. The molecule has 1 fully saturated rings. The number of halogens is 6. The van der Waals surface area contributed by atoms with E-state index >= 15 is 0 Å². The van der Waals surface area contributed by atoms with Gasteiger partial charge in [-0.1, -0.05) is 23.5 Å².